The standard InChI is InChI=1S/C23H32N2O2/c1-24-6-8-25(9-7-24)14-20(26)15-27-21-4-2-16(3-5-21)22-12-18-10-17-11-19(13-22)23(17,18)22/h2-5,17-20,26H,6-15H2,1H3/t17?,18?,19?,20-,22?,23?/m1/s1. The molecule has 6 rings (SSSR count). The predicted molar refractivity (Wildman–Crippen MR) is 105 cm³/mol. The lowest BCUT2D eigenvalue weighted by atomic mass is 9.12. The first-order valence-electron chi connectivity index (χ1n) is 10.9. The van der Waals surface area contributed by atoms with Crippen molar-refractivity contribution in [2.45, 2.75) is 37.2 Å². The molecule has 1 spiro atoms. The van der Waals surface area contributed by atoms with Gasteiger partial charge in [0.05, 0.1) is 0 Å². The molecule has 4 saturated carbocycles. The third-order valence-corrected chi connectivity index (χ3v) is 9.10. The van der Waals surface area contributed by atoms with E-state index in [-0.39, 0.29) is 0 Å². The summed E-state index contributed by atoms with van der Waals surface area (Å²) in [5.74, 6) is 4.05. The monoisotopic (exact) mass is 368 g/mol. The van der Waals surface area contributed by atoms with Crippen molar-refractivity contribution < 1.29 is 9.84 Å². The Kier molecular flexibility index (Phi) is 3.56. The topological polar surface area (TPSA) is 35.9 Å². The molecule has 1 aromatic carbocycles. The highest BCUT2D eigenvalue weighted by atomic mass is 16.5. The summed E-state index contributed by atoms with van der Waals surface area (Å²) in [5.41, 5.74) is 2.83. The zero-order valence-electron chi connectivity index (χ0n) is 16.4. The number of β-amino-alcohol motifs (C(OH)–C–C–N with tert-alkyl or cyclic N) is 1. The second kappa shape index (κ2) is 5.71. The van der Waals surface area contributed by atoms with Crippen LogP contribution in [0, 0.1) is 23.2 Å². The van der Waals surface area contributed by atoms with E-state index in [0.717, 1.165) is 55.1 Å². The third kappa shape index (κ3) is 2.10. The van der Waals surface area contributed by atoms with Crippen molar-refractivity contribution in [1.82, 2.24) is 9.80 Å². The molecule has 146 valence electrons. The molecular formula is C23H32N2O2. The number of aliphatic hydroxyl groups excluding tert-OH is 1. The summed E-state index contributed by atoms with van der Waals surface area (Å²) in [7, 11) is 2.16. The van der Waals surface area contributed by atoms with E-state index >= 15 is 0 Å². The van der Waals surface area contributed by atoms with Crippen LogP contribution in [0.25, 0.3) is 0 Å². The molecule has 0 radical (unpaired) electrons. The van der Waals surface area contributed by atoms with Crippen LogP contribution in [-0.2, 0) is 5.41 Å². The van der Waals surface area contributed by atoms with Gasteiger partial charge in [-0.1, -0.05) is 12.1 Å². The lowest BCUT2D eigenvalue weighted by Crippen LogP contribution is -2.87. The highest BCUT2D eigenvalue weighted by Gasteiger charge is 2.87. The molecule has 4 aliphatic carbocycles. The highest BCUT2D eigenvalue weighted by Crippen LogP contribution is 2.92. The molecule has 1 heterocycles. The van der Waals surface area contributed by atoms with E-state index in [1.807, 2.05) is 0 Å². The molecular weight excluding hydrogens is 336 g/mol. The van der Waals surface area contributed by atoms with Gasteiger partial charge < -0.3 is 14.7 Å². The Balaban J connectivity index is 1.04. The Morgan fingerprint density at radius 1 is 1.04 bits per heavy atom. The van der Waals surface area contributed by atoms with Gasteiger partial charge in [-0.25, -0.2) is 0 Å². The van der Waals surface area contributed by atoms with Crippen molar-refractivity contribution >= 4 is 0 Å². The fourth-order valence-electron chi connectivity index (χ4n) is 7.86. The Morgan fingerprint density at radius 3 is 2.30 bits per heavy atom. The maximum absolute atomic E-state index is 10.3. The van der Waals surface area contributed by atoms with Crippen LogP contribution in [0.1, 0.15) is 31.2 Å². The molecule has 5 aliphatic rings. The van der Waals surface area contributed by atoms with Crippen LogP contribution >= 0.6 is 0 Å². The molecule has 1 aromatic rings. The van der Waals surface area contributed by atoms with Crippen molar-refractivity contribution in [3.63, 3.8) is 0 Å². The van der Waals surface area contributed by atoms with E-state index in [4.69, 9.17) is 4.74 Å². The quantitative estimate of drug-likeness (QED) is 0.836. The van der Waals surface area contributed by atoms with E-state index in [9.17, 15) is 5.11 Å². The van der Waals surface area contributed by atoms with Crippen LogP contribution < -0.4 is 4.74 Å². The molecule has 27 heavy (non-hydrogen) atoms. The van der Waals surface area contributed by atoms with Gasteiger partial charge in [0, 0.05) is 38.1 Å². The predicted octanol–water partition coefficient (Wildman–Crippen LogP) is 2.36. The van der Waals surface area contributed by atoms with Crippen LogP contribution in [0.4, 0.5) is 0 Å². The number of ether oxygens (including phenoxy) is 1. The van der Waals surface area contributed by atoms with Gasteiger partial charge in [0.1, 0.15) is 18.5 Å². The SMILES string of the molecule is CN1CCN(C[C@@H](O)COc2ccc(C34CC5CC6CC(C3)C654)cc2)CC1. The summed E-state index contributed by atoms with van der Waals surface area (Å²) in [5, 5.41) is 10.3. The minimum atomic E-state index is -0.420. The first kappa shape index (κ1) is 16.8. The number of piperazine rings is 1. The highest BCUT2D eigenvalue weighted by molar-refractivity contribution is 5.48. The average Bonchev–Trinajstić information content (AvgIpc) is 2.60. The molecule has 3 atom stereocenters. The summed E-state index contributed by atoms with van der Waals surface area (Å²) in [6.45, 7) is 5.33. The number of hydrogen-bond donors (Lipinski definition) is 1. The van der Waals surface area contributed by atoms with Crippen LogP contribution in [0.2, 0.25) is 0 Å². The van der Waals surface area contributed by atoms with E-state index in [0.29, 0.717) is 18.6 Å². The van der Waals surface area contributed by atoms with Gasteiger partial charge in [-0.05, 0) is 73.6 Å². The molecule has 5 fully saturated rings. The van der Waals surface area contributed by atoms with Crippen molar-refractivity contribution in [2.75, 3.05) is 46.4 Å². The maximum atomic E-state index is 10.3. The average molecular weight is 369 g/mol. The van der Waals surface area contributed by atoms with E-state index in [2.05, 4.69) is 41.1 Å². The van der Waals surface area contributed by atoms with Crippen LogP contribution in [0.5, 0.6) is 5.75 Å². The number of nitrogens with zero attached hydrogens (tertiary/aromatic N) is 2. The molecule has 1 aliphatic heterocycles. The summed E-state index contributed by atoms with van der Waals surface area (Å²) in [6, 6.07) is 8.90. The number of aliphatic hydroxyl groups is 1. The molecule has 0 amide bonds. The van der Waals surface area contributed by atoms with Gasteiger partial charge in [-0.15, -0.1) is 0 Å². The summed E-state index contributed by atoms with van der Waals surface area (Å²) in [6.07, 6.45) is 5.49. The minimum absolute atomic E-state index is 0.382. The second-order valence-electron chi connectivity index (χ2n) is 10.1. The second-order valence-corrected chi connectivity index (χ2v) is 10.1. The van der Waals surface area contributed by atoms with Gasteiger partial charge in [0.2, 0.25) is 0 Å². The molecule has 4 heteroatoms. The van der Waals surface area contributed by atoms with E-state index in [1.54, 1.807) is 5.56 Å². The van der Waals surface area contributed by atoms with Gasteiger partial charge >= 0.3 is 0 Å². The van der Waals surface area contributed by atoms with Crippen molar-refractivity contribution in [3.05, 3.63) is 29.8 Å². The first-order valence-corrected chi connectivity index (χ1v) is 10.9. The Hall–Kier alpha value is -1.10. The Labute approximate surface area is 162 Å². The summed E-state index contributed by atoms with van der Waals surface area (Å²) in [4.78, 5) is 4.67. The minimum Gasteiger partial charge on any atom is -0.491 e. The first-order chi connectivity index (χ1) is 13.1. The van der Waals surface area contributed by atoms with Gasteiger partial charge in [0.25, 0.3) is 0 Å². The largest absolute Gasteiger partial charge is 0.491 e. The maximum Gasteiger partial charge on any atom is 0.119 e. The fraction of sp³-hybridized carbons (Fsp3) is 0.739. The smallest absolute Gasteiger partial charge is 0.119 e. The molecule has 0 aromatic heterocycles. The number of benzene rings is 1. The van der Waals surface area contributed by atoms with Crippen molar-refractivity contribution in [3.8, 4) is 5.75 Å². The van der Waals surface area contributed by atoms with E-state index < -0.39 is 6.10 Å². The summed E-state index contributed by atoms with van der Waals surface area (Å²) >= 11 is 0. The number of rotatable bonds is 6. The van der Waals surface area contributed by atoms with Crippen LogP contribution in [0.15, 0.2) is 24.3 Å². The van der Waals surface area contributed by atoms with Crippen molar-refractivity contribution in [1.29, 1.82) is 0 Å². The van der Waals surface area contributed by atoms with E-state index in [1.165, 1.54) is 25.7 Å². The lowest BCUT2D eigenvalue weighted by Gasteiger charge is -2.91. The number of likely N-dealkylation sites (N-methyl/N-ethyl adjacent to an activating group) is 1. The van der Waals surface area contributed by atoms with Crippen molar-refractivity contribution in [2.24, 2.45) is 23.2 Å². The zero-order valence-corrected chi connectivity index (χ0v) is 16.4. The Morgan fingerprint density at radius 2 is 1.70 bits per heavy atom. The molecule has 0 bridgehead atoms. The Bertz CT molecular complexity index is 699. The molecule has 4 nitrogen and oxygen atoms in total. The molecule has 1 saturated heterocycles. The van der Waals surface area contributed by atoms with Gasteiger partial charge in [-0.2, -0.15) is 0 Å². The van der Waals surface area contributed by atoms with Crippen LogP contribution in [-0.4, -0.2) is 67.4 Å². The van der Waals surface area contributed by atoms with Gasteiger partial charge in [0.15, 0.2) is 0 Å². The van der Waals surface area contributed by atoms with Crippen LogP contribution in [0.3, 0.4) is 0 Å². The third-order valence-electron chi connectivity index (χ3n) is 9.10. The summed E-state index contributed by atoms with van der Waals surface area (Å²) < 4.78 is 5.90. The normalized spacial score (nSPS) is 43.3. The molecule has 2 unspecified atom stereocenters. The molecule has 1 N–H and O–H groups in total. The number of hydrogen-bond acceptors (Lipinski definition) is 4. The lowest BCUT2D eigenvalue weighted by molar-refractivity contribution is -0.395. The van der Waals surface area contributed by atoms with Gasteiger partial charge in [-0.3, -0.25) is 4.90 Å². The zero-order chi connectivity index (χ0) is 18.2. The fourth-order valence-corrected chi connectivity index (χ4v) is 7.86.